The molecule has 0 unspecified atom stereocenters. The minimum Gasteiger partial charge on any atom is -0.310 e. The number of nitrogens with zero attached hydrogens (tertiary/aromatic N) is 2. The Labute approximate surface area is 602 Å². The van der Waals surface area contributed by atoms with Crippen LogP contribution in [0.25, 0.3) is 100 Å². The van der Waals surface area contributed by atoms with Gasteiger partial charge in [-0.25, -0.2) is 0 Å². The van der Waals surface area contributed by atoms with E-state index in [1.54, 1.807) is 0 Å². The first-order valence-corrected chi connectivity index (χ1v) is 36.1. The standard InChI is InChI=1S/C101H68N2/c1-99(2)87-30-13-6-23-78(87)84-61-59-77(64-96(84)99)103(97-38-20-37-95-98(97)85-29-12-19-36-93(85)101(95)90-33-16-9-26-81(90)82-27-10-17-34-91(82)101)75-57-51-72(52-58-75)69-45-41-67(42-46-69)66-39-43-68(44-40-66)71-49-55-74(56-50-71)102(73-53-47-70(48-54-73)65-21-4-3-5-22-65)76-60-62-94-86(63-76)83-28-11-18-35-92(83)100(94)88-31-14-7-24-79(88)80-25-8-15-32-89(80)100/h3-64H,1-2H3. The van der Waals surface area contributed by atoms with E-state index in [-0.39, 0.29) is 5.41 Å². The van der Waals surface area contributed by atoms with Crippen LogP contribution < -0.4 is 9.80 Å². The minimum absolute atomic E-state index is 0.171. The van der Waals surface area contributed by atoms with Gasteiger partial charge in [-0.05, 0) is 217 Å². The van der Waals surface area contributed by atoms with Crippen molar-refractivity contribution in [1.82, 2.24) is 0 Å². The smallest absolute Gasteiger partial charge is 0.0726 e. The molecule has 21 rings (SSSR count). The van der Waals surface area contributed by atoms with E-state index >= 15 is 0 Å². The molecule has 2 nitrogen and oxygen atoms in total. The van der Waals surface area contributed by atoms with Crippen molar-refractivity contribution >= 4 is 34.1 Å². The van der Waals surface area contributed by atoms with Gasteiger partial charge in [0.25, 0.3) is 0 Å². The van der Waals surface area contributed by atoms with Crippen LogP contribution in [0.1, 0.15) is 69.5 Å². The number of fused-ring (bicyclic) bond motifs is 23. The van der Waals surface area contributed by atoms with Crippen LogP contribution in [0.15, 0.2) is 376 Å². The third-order valence-corrected chi connectivity index (χ3v) is 23.6. The van der Waals surface area contributed by atoms with Crippen molar-refractivity contribution in [1.29, 1.82) is 0 Å². The van der Waals surface area contributed by atoms with Crippen molar-refractivity contribution in [2.24, 2.45) is 0 Å². The Morgan fingerprint density at radius 3 is 0.903 bits per heavy atom. The first-order chi connectivity index (χ1) is 50.8. The fraction of sp³-hybridized carbons (Fsp3) is 0.0495. The third-order valence-electron chi connectivity index (χ3n) is 23.6. The second kappa shape index (κ2) is 22.6. The van der Waals surface area contributed by atoms with E-state index in [1.807, 2.05) is 0 Å². The first-order valence-electron chi connectivity index (χ1n) is 36.1. The Balaban J connectivity index is 0.598. The highest BCUT2D eigenvalue weighted by Crippen LogP contribution is 2.66. The van der Waals surface area contributed by atoms with Gasteiger partial charge in [-0.15, -0.1) is 0 Å². The van der Waals surface area contributed by atoms with E-state index in [0.29, 0.717) is 0 Å². The largest absolute Gasteiger partial charge is 0.310 e. The summed E-state index contributed by atoms with van der Waals surface area (Å²) in [5, 5.41) is 0. The predicted molar refractivity (Wildman–Crippen MR) is 428 cm³/mol. The van der Waals surface area contributed by atoms with Gasteiger partial charge < -0.3 is 9.80 Å². The highest BCUT2D eigenvalue weighted by atomic mass is 15.2. The summed E-state index contributed by atoms with van der Waals surface area (Å²) in [6.07, 6.45) is 0. The van der Waals surface area contributed by atoms with Crippen molar-refractivity contribution in [3.63, 3.8) is 0 Å². The minimum atomic E-state index is -0.460. The molecular weight excluding hydrogens is 1240 g/mol. The molecular formula is C101H68N2. The SMILES string of the molecule is CC1(C)c2ccccc2-c2ccc(N(c3ccc(-c4ccc(-c5ccc(-c6ccc(N(c7ccc(-c8ccccc8)cc7)c7ccc8c(c7)-c7ccccc7C87c8ccccc8-c8ccccc87)cc6)cc5)cc4)cc3)c3cccc4c3-c3ccccc3C43c4ccccc4-c4ccccc43)cc21. The van der Waals surface area contributed by atoms with Gasteiger partial charge in [0.1, 0.15) is 0 Å². The molecule has 0 heterocycles. The van der Waals surface area contributed by atoms with Gasteiger partial charge in [-0.1, -0.05) is 323 Å². The molecule has 0 saturated carbocycles. The van der Waals surface area contributed by atoms with Crippen LogP contribution >= 0.6 is 0 Å². The van der Waals surface area contributed by atoms with Gasteiger partial charge in [-0.2, -0.15) is 0 Å². The van der Waals surface area contributed by atoms with Crippen molar-refractivity contribution in [2.45, 2.75) is 30.1 Å². The van der Waals surface area contributed by atoms with Crippen LogP contribution in [-0.2, 0) is 16.2 Å². The van der Waals surface area contributed by atoms with Crippen LogP contribution in [0.4, 0.5) is 34.1 Å². The predicted octanol–water partition coefficient (Wildman–Crippen LogP) is 26.3. The normalized spacial score (nSPS) is 14.0. The molecule has 103 heavy (non-hydrogen) atoms. The number of rotatable bonds is 10. The van der Waals surface area contributed by atoms with Crippen molar-refractivity contribution in [3.8, 4) is 100 Å². The van der Waals surface area contributed by atoms with Crippen LogP contribution in [0, 0.1) is 0 Å². The summed E-state index contributed by atoms with van der Waals surface area (Å²) in [5.74, 6) is 0. The van der Waals surface area contributed by atoms with Crippen molar-refractivity contribution < 1.29 is 0 Å². The second-order valence-corrected chi connectivity index (χ2v) is 28.9. The Morgan fingerprint density at radius 2 is 0.456 bits per heavy atom. The van der Waals surface area contributed by atoms with E-state index in [9.17, 15) is 0 Å². The Bertz CT molecular complexity index is 6030. The zero-order valence-electron chi connectivity index (χ0n) is 57.2. The molecule has 0 saturated heterocycles. The van der Waals surface area contributed by atoms with Gasteiger partial charge in [0.05, 0.1) is 16.5 Å². The van der Waals surface area contributed by atoms with Gasteiger partial charge in [0, 0.05) is 39.4 Å². The summed E-state index contributed by atoms with van der Waals surface area (Å²) >= 11 is 0. The average molecular weight is 1310 g/mol. The van der Waals surface area contributed by atoms with Crippen LogP contribution in [0.2, 0.25) is 0 Å². The van der Waals surface area contributed by atoms with Gasteiger partial charge in [0.15, 0.2) is 0 Å². The fourth-order valence-electron chi connectivity index (χ4n) is 19.0. The average Bonchev–Trinajstić information content (AvgIpc) is 1.52. The van der Waals surface area contributed by atoms with Crippen LogP contribution in [-0.4, -0.2) is 0 Å². The molecule has 0 atom stereocenters. The third kappa shape index (κ3) is 8.50. The Hall–Kier alpha value is -12.9. The number of hydrogen-bond donors (Lipinski definition) is 0. The number of anilines is 6. The zero-order chi connectivity index (χ0) is 68.1. The van der Waals surface area contributed by atoms with E-state index in [4.69, 9.17) is 0 Å². The van der Waals surface area contributed by atoms with Crippen molar-refractivity contribution in [2.75, 3.05) is 9.80 Å². The summed E-state index contributed by atoms with van der Waals surface area (Å²) in [6, 6.07) is 141. The molecule has 0 aromatic heterocycles. The molecule has 16 aromatic rings. The molecule has 2 spiro atoms. The lowest BCUT2D eigenvalue weighted by Gasteiger charge is -2.32. The van der Waals surface area contributed by atoms with E-state index in [0.717, 1.165) is 34.0 Å². The number of hydrogen-bond acceptors (Lipinski definition) is 2. The zero-order valence-corrected chi connectivity index (χ0v) is 57.2. The molecule has 0 fully saturated rings. The molecule has 5 aliphatic carbocycles. The molecule has 2 heteroatoms. The summed E-state index contributed by atoms with van der Waals surface area (Å²) in [7, 11) is 0. The van der Waals surface area contributed by atoms with Gasteiger partial charge in [0.2, 0.25) is 0 Å². The topological polar surface area (TPSA) is 6.48 Å². The monoisotopic (exact) mass is 1310 g/mol. The highest BCUT2D eigenvalue weighted by molar-refractivity contribution is 6.03. The van der Waals surface area contributed by atoms with E-state index in [2.05, 4.69) is 400 Å². The second-order valence-electron chi connectivity index (χ2n) is 28.9. The number of benzene rings is 16. The Kier molecular flexibility index (Phi) is 12.9. The quantitative estimate of drug-likeness (QED) is 0.135. The highest BCUT2D eigenvalue weighted by Gasteiger charge is 2.54. The summed E-state index contributed by atoms with van der Waals surface area (Å²) < 4.78 is 0. The molecule has 0 aliphatic heterocycles. The summed E-state index contributed by atoms with van der Waals surface area (Å²) in [5.41, 5.74) is 41.5. The lowest BCUT2D eigenvalue weighted by atomic mass is 9.70. The summed E-state index contributed by atoms with van der Waals surface area (Å²) in [6.45, 7) is 4.77. The Morgan fingerprint density at radius 1 is 0.175 bits per heavy atom. The van der Waals surface area contributed by atoms with Gasteiger partial charge >= 0.3 is 0 Å². The maximum Gasteiger partial charge on any atom is 0.0726 e. The van der Waals surface area contributed by atoms with Crippen molar-refractivity contribution in [3.05, 3.63) is 432 Å². The molecule has 16 aromatic carbocycles. The maximum absolute atomic E-state index is 2.53. The van der Waals surface area contributed by atoms with E-state index < -0.39 is 10.8 Å². The first kappa shape index (κ1) is 59.0. The molecule has 5 aliphatic rings. The molecule has 0 bridgehead atoms. The lowest BCUT2D eigenvalue weighted by molar-refractivity contribution is 0.660. The molecule has 0 amide bonds. The van der Waals surface area contributed by atoms with E-state index in [1.165, 1.54) is 156 Å². The van der Waals surface area contributed by atoms with Crippen LogP contribution in [0.3, 0.4) is 0 Å². The fourth-order valence-corrected chi connectivity index (χ4v) is 19.0. The lowest BCUT2D eigenvalue weighted by Crippen LogP contribution is -2.26. The van der Waals surface area contributed by atoms with Gasteiger partial charge in [-0.3, -0.25) is 0 Å². The molecule has 0 radical (unpaired) electrons. The molecule has 482 valence electrons. The molecule has 0 N–H and O–H groups in total. The van der Waals surface area contributed by atoms with Crippen LogP contribution in [0.5, 0.6) is 0 Å². The maximum atomic E-state index is 2.53. The summed E-state index contributed by atoms with van der Waals surface area (Å²) in [4.78, 5) is 4.95.